The number of anilines is 1. The van der Waals surface area contributed by atoms with Crippen LogP contribution in [0.5, 0.6) is 0 Å². The molecule has 1 aromatic heterocycles. The van der Waals surface area contributed by atoms with Gasteiger partial charge in [0.2, 0.25) is 5.91 Å². The lowest BCUT2D eigenvalue weighted by molar-refractivity contribution is -0.113. The number of carbonyl (C=O) groups is 2. The minimum absolute atomic E-state index is 0.133. The average molecular weight is 454 g/mol. The van der Waals surface area contributed by atoms with Crippen molar-refractivity contribution >= 4 is 29.3 Å². The Balaban J connectivity index is 1.61. The number of thioether (sulfide) groups is 1. The van der Waals surface area contributed by atoms with Gasteiger partial charge in [-0.2, -0.15) is 0 Å². The molecule has 0 aliphatic carbocycles. The quantitative estimate of drug-likeness (QED) is 0.360. The number of hydrogen-bond acceptors (Lipinski definition) is 5. The average Bonchev–Trinajstić information content (AvgIpc) is 3.18. The highest BCUT2D eigenvalue weighted by atomic mass is 32.2. The molecule has 0 aliphatic heterocycles. The van der Waals surface area contributed by atoms with E-state index in [0.29, 0.717) is 23.1 Å². The van der Waals surface area contributed by atoms with Gasteiger partial charge >= 0.3 is 0 Å². The molecule has 0 fully saturated rings. The van der Waals surface area contributed by atoms with Crippen molar-refractivity contribution < 1.29 is 14.0 Å². The van der Waals surface area contributed by atoms with Crippen LogP contribution >= 0.6 is 11.8 Å². The molecule has 0 saturated carbocycles. The van der Waals surface area contributed by atoms with Crippen LogP contribution in [0, 0.1) is 5.82 Å². The first-order valence-electron chi connectivity index (χ1n) is 10.1. The fourth-order valence-corrected chi connectivity index (χ4v) is 3.77. The van der Waals surface area contributed by atoms with Gasteiger partial charge in [0.25, 0.3) is 5.91 Å². The molecule has 0 atom stereocenters. The molecule has 2 N–H and O–H groups in total. The molecule has 2 aromatic carbocycles. The summed E-state index contributed by atoms with van der Waals surface area (Å²) in [6.45, 7) is 6.35. The van der Waals surface area contributed by atoms with Crippen molar-refractivity contribution in [3.8, 4) is 0 Å². The minimum Gasteiger partial charge on any atom is -0.345 e. The highest BCUT2D eigenvalue weighted by molar-refractivity contribution is 7.99. The second kappa shape index (κ2) is 11.2. The molecular weight excluding hydrogens is 429 g/mol. The summed E-state index contributed by atoms with van der Waals surface area (Å²) in [5, 5.41) is 14.5. The van der Waals surface area contributed by atoms with E-state index in [1.165, 1.54) is 36.0 Å². The lowest BCUT2D eigenvalue weighted by atomic mass is 10.1. The fourth-order valence-electron chi connectivity index (χ4n) is 3.00. The zero-order chi connectivity index (χ0) is 22.9. The number of hydrogen-bond donors (Lipinski definition) is 2. The first-order chi connectivity index (χ1) is 15.5. The number of nitrogens with one attached hydrogen (secondary N) is 2. The summed E-state index contributed by atoms with van der Waals surface area (Å²) in [5.74, 6) is -0.206. The van der Waals surface area contributed by atoms with Gasteiger partial charge < -0.3 is 15.2 Å². The van der Waals surface area contributed by atoms with Crippen LogP contribution in [0.25, 0.3) is 0 Å². The molecule has 0 radical (unpaired) electrons. The number of allylic oxidation sites excluding steroid dienone is 1. The Morgan fingerprint density at radius 1 is 1.16 bits per heavy atom. The van der Waals surface area contributed by atoms with Crippen molar-refractivity contribution in [3.63, 3.8) is 0 Å². The molecule has 3 rings (SSSR count). The smallest absolute Gasteiger partial charge is 0.251 e. The van der Waals surface area contributed by atoms with Gasteiger partial charge in [0.15, 0.2) is 11.0 Å². The molecule has 0 saturated heterocycles. The van der Waals surface area contributed by atoms with Gasteiger partial charge in [-0.15, -0.1) is 16.8 Å². The molecule has 7 nitrogen and oxygen atoms in total. The van der Waals surface area contributed by atoms with Gasteiger partial charge in [0.1, 0.15) is 5.82 Å². The topological polar surface area (TPSA) is 88.9 Å². The van der Waals surface area contributed by atoms with Crippen LogP contribution in [0.4, 0.5) is 10.1 Å². The molecule has 0 bridgehead atoms. The third-order valence-corrected chi connectivity index (χ3v) is 5.59. The third kappa shape index (κ3) is 6.04. The number of rotatable bonds is 10. The molecule has 166 valence electrons. The van der Waals surface area contributed by atoms with Crippen LogP contribution in [0.2, 0.25) is 0 Å². The van der Waals surface area contributed by atoms with Crippen molar-refractivity contribution in [1.29, 1.82) is 0 Å². The second-order valence-electron chi connectivity index (χ2n) is 6.84. The number of carbonyl (C=O) groups excluding carboxylic acids is 2. The molecule has 0 spiro atoms. The molecule has 0 aliphatic rings. The normalized spacial score (nSPS) is 10.6. The zero-order valence-electron chi connectivity index (χ0n) is 17.7. The van der Waals surface area contributed by atoms with E-state index in [1.807, 2.05) is 31.2 Å². The predicted molar refractivity (Wildman–Crippen MR) is 123 cm³/mol. The molecular formula is C23H24FN5O2S. The van der Waals surface area contributed by atoms with Crippen molar-refractivity contribution in [3.05, 3.63) is 84.0 Å². The van der Waals surface area contributed by atoms with Crippen molar-refractivity contribution in [1.82, 2.24) is 20.1 Å². The van der Waals surface area contributed by atoms with E-state index < -0.39 is 5.82 Å². The summed E-state index contributed by atoms with van der Waals surface area (Å²) < 4.78 is 14.8. The first-order valence-corrected chi connectivity index (χ1v) is 11.1. The molecule has 2 amide bonds. The van der Waals surface area contributed by atoms with Crippen molar-refractivity contribution in [2.24, 2.45) is 0 Å². The SMILES string of the molecule is C=CCn1c(CNC(=O)c2ccc(F)cc2)nnc1SCC(=O)Nc1ccccc1CC. The summed E-state index contributed by atoms with van der Waals surface area (Å²) in [4.78, 5) is 24.7. The van der Waals surface area contributed by atoms with Gasteiger partial charge in [-0.1, -0.05) is 43.0 Å². The maximum atomic E-state index is 13.0. The lowest BCUT2D eigenvalue weighted by Gasteiger charge is -2.10. The molecule has 1 heterocycles. The van der Waals surface area contributed by atoms with E-state index in [2.05, 4.69) is 27.4 Å². The highest BCUT2D eigenvalue weighted by Gasteiger charge is 2.15. The van der Waals surface area contributed by atoms with Gasteiger partial charge in [0, 0.05) is 17.8 Å². The fraction of sp³-hybridized carbons (Fsp3) is 0.217. The standard InChI is InChI=1S/C23H24FN5O2S/c1-3-13-29-20(14-25-22(31)17-9-11-18(24)12-10-17)27-28-23(29)32-15-21(30)26-19-8-6-5-7-16(19)4-2/h3,5-12H,1,4,13-15H2,2H3,(H,25,31)(H,26,30). The van der Waals surface area contributed by atoms with Gasteiger partial charge in [-0.05, 0) is 42.3 Å². The number of amides is 2. The van der Waals surface area contributed by atoms with Crippen molar-refractivity contribution in [2.45, 2.75) is 31.6 Å². The molecule has 0 unspecified atom stereocenters. The number of para-hydroxylation sites is 1. The van der Waals surface area contributed by atoms with E-state index >= 15 is 0 Å². The van der Waals surface area contributed by atoms with Gasteiger partial charge in [-0.25, -0.2) is 4.39 Å². The lowest BCUT2D eigenvalue weighted by Crippen LogP contribution is -2.25. The van der Waals surface area contributed by atoms with E-state index in [-0.39, 0.29) is 24.1 Å². The molecule has 32 heavy (non-hydrogen) atoms. The Morgan fingerprint density at radius 2 is 1.91 bits per heavy atom. The third-order valence-electron chi connectivity index (χ3n) is 4.62. The Hall–Kier alpha value is -3.46. The van der Waals surface area contributed by atoms with Crippen LogP contribution < -0.4 is 10.6 Å². The number of aromatic nitrogens is 3. The summed E-state index contributed by atoms with van der Waals surface area (Å²) >= 11 is 1.26. The van der Waals surface area contributed by atoms with E-state index in [4.69, 9.17) is 0 Å². The van der Waals surface area contributed by atoms with E-state index in [9.17, 15) is 14.0 Å². The summed E-state index contributed by atoms with van der Waals surface area (Å²) in [6.07, 6.45) is 2.51. The maximum Gasteiger partial charge on any atom is 0.251 e. The van der Waals surface area contributed by atoms with Crippen LogP contribution in [0.15, 0.2) is 66.3 Å². The van der Waals surface area contributed by atoms with Gasteiger partial charge in [-0.3, -0.25) is 9.59 Å². The molecule has 9 heteroatoms. The van der Waals surface area contributed by atoms with Crippen LogP contribution in [-0.4, -0.2) is 32.3 Å². The van der Waals surface area contributed by atoms with E-state index in [0.717, 1.165) is 17.7 Å². The largest absolute Gasteiger partial charge is 0.345 e. The Labute approximate surface area is 190 Å². The number of halogens is 1. The van der Waals surface area contributed by atoms with Crippen LogP contribution in [0.1, 0.15) is 28.7 Å². The minimum atomic E-state index is -0.406. The predicted octanol–water partition coefficient (Wildman–Crippen LogP) is 3.83. The number of nitrogens with zero attached hydrogens (tertiary/aromatic N) is 3. The number of benzene rings is 2. The summed E-state index contributed by atoms with van der Waals surface area (Å²) in [7, 11) is 0. The first kappa shape index (κ1) is 23.2. The second-order valence-corrected chi connectivity index (χ2v) is 7.78. The number of aryl methyl sites for hydroxylation is 1. The van der Waals surface area contributed by atoms with Crippen molar-refractivity contribution in [2.75, 3.05) is 11.1 Å². The Bertz CT molecular complexity index is 1100. The summed E-state index contributed by atoms with van der Waals surface area (Å²) in [6, 6.07) is 13.0. The van der Waals surface area contributed by atoms with Crippen LogP contribution in [-0.2, 0) is 24.3 Å². The highest BCUT2D eigenvalue weighted by Crippen LogP contribution is 2.20. The Morgan fingerprint density at radius 3 is 2.62 bits per heavy atom. The maximum absolute atomic E-state index is 13.0. The monoisotopic (exact) mass is 453 g/mol. The molecule has 3 aromatic rings. The van der Waals surface area contributed by atoms with Gasteiger partial charge in [0.05, 0.1) is 12.3 Å². The Kier molecular flexibility index (Phi) is 8.15. The summed E-state index contributed by atoms with van der Waals surface area (Å²) in [5.41, 5.74) is 2.22. The van der Waals surface area contributed by atoms with E-state index in [1.54, 1.807) is 10.6 Å². The zero-order valence-corrected chi connectivity index (χ0v) is 18.5. The van der Waals surface area contributed by atoms with Crippen LogP contribution in [0.3, 0.4) is 0 Å².